The van der Waals surface area contributed by atoms with Crippen molar-refractivity contribution in [1.82, 2.24) is 9.80 Å². The zero-order valence-corrected chi connectivity index (χ0v) is 14.5. The van der Waals surface area contributed by atoms with Crippen molar-refractivity contribution < 1.29 is 4.79 Å². The minimum atomic E-state index is 0.234. The van der Waals surface area contributed by atoms with Crippen LogP contribution in [-0.2, 0) is 6.54 Å². The number of carbonyl (C=O) groups is 1. The lowest BCUT2D eigenvalue weighted by atomic mass is 10.1. The van der Waals surface area contributed by atoms with Crippen molar-refractivity contribution in [2.45, 2.75) is 30.7 Å². The van der Waals surface area contributed by atoms with E-state index in [-0.39, 0.29) is 6.03 Å². The number of rotatable bonds is 0. The standard InChI is InChI=1S/C15H19IN2OS/c16-13-5-4-6-14-12(13)11-18(9-10-20-14)15(19)17-7-2-1-3-8-17/h4-6H,1-3,7-11H2. The summed E-state index contributed by atoms with van der Waals surface area (Å²) in [4.78, 5) is 18.1. The van der Waals surface area contributed by atoms with E-state index >= 15 is 0 Å². The molecule has 0 radical (unpaired) electrons. The van der Waals surface area contributed by atoms with Crippen molar-refractivity contribution in [3.8, 4) is 0 Å². The fourth-order valence-corrected chi connectivity index (χ4v) is 4.72. The molecule has 2 amide bonds. The Morgan fingerprint density at radius 1 is 1.10 bits per heavy atom. The fourth-order valence-electron chi connectivity index (χ4n) is 2.81. The Balaban J connectivity index is 1.78. The van der Waals surface area contributed by atoms with E-state index < -0.39 is 0 Å². The van der Waals surface area contributed by atoms with Crippen LogP contribution in [0.4, 0.5) is 4.79 Å². The predicted molar refractivity (Wildman–Crippen MR) is 91.1 cm³/mol. The van der Waals surface area contributed by atoms with Gasteiger partial charge in [0.2, 0.25) is 0 Å². The van der Waals surface area contributed by atoms with Crippen LogP contribution in [0.2, 0.25) is 0 Å². The topological polar surface area (TPSA) is 23.6 Å². The molecule has 0 spiro atoms. The number of piperidine rings is 1. The number of thioether (sulfide) groups is 1. The molecule has 3 nitrogen and oxygen atoms in total. The summed E-state index contributed by atoms with van der Waals surface area (Å²) in [5.74, 6) is 0.993. The molecular formula is C15H19IN2OS. The fraction of sp³-hybridized carbons (Fsp3) is 0.533. The summed E-state index contributed by atoms with van der Waals surface area (Å²) in [5, 5.41) is 0. The molecule has 5 heteroatoms. The second-order valence-corrected chi connectivity index (χ2v) is 7.62. The summed E-state index contributed by atoms with van der Waals surface area (Å²) in [7, 11) is 0. The normalized spacial score (nSPS) is 19.4. The van der Waals surface area contributed by atoms with Crippen molar-refractivity contribution in [3.05, 3.63) is 27.3 Å². The van der Waals surface area contributed by atoms with Crippen molar-refractivity contribution in [3.63, 3.8) is 0 Å². The van der Waals surface area contributed by atoms with Gasteiger partial charge in [0.25, 0.3) is 0 Å². The van der Waals surface area contributed by atoms with E-state index in [0.29, 0.717) is 0 Å². The third kappa shape index (κ3) is 3.08. The summed E-state index contributed by atoms with van der Waals surface area (Å²) in [6.07, 6.45) is 3.57. The van der Waals surface area contributed by atoms with Gasteiger partial charge >= 0.3 is 6.03 Å². The molecule has 20 heavy (non-hydrogen) atoms. The smallest absolute Gasteiger partial charge is 0.320 e. The van der Waals surface area contributed by atoms with Gasteiger partial charge in [-0.25, -0.2) is 4.79 Å². The Morgan fingerprint density at radius 3 is 2.70 bits per heavy atom. The highest BCUT2D eigenvalue weighted by Crippen LogP contribution is 2.31. The van der Waals surface area contributed by atoms with Crippen LogP contribution in [0, 0.1) is 3.57 Å². The molecule has 0 atom stereocenters. The average Bonchev–Trinajstić information content (AvgIpc) is 2.71. The van der Waals surface area contributed by atoms with Gasteiger partial charge in [-0.1, -0.05) is 6.07 Å². The Morgan fingerprint density at radius 2 is 1.90 bits per heavy atom. The van der Waals surface area contributed by atoms with Gasteiger partial charge in [0.05, 0.1) is 0 Å². The number of halogens is 1. The number of likely N-dealkylation sites (tertiary alicyclic amines) is 1. The maximum Gasteiger partial charge on any atom is 0.320 e. The van der Waals surface area contributed by atoms with Crippen LogP contribution in [0.3, 0.4) is 0 Å². The Bertz CT molecular complexity index is 503. The number of nitrogens with zero attached hydrogens (tertiary/aromatic N) is 2. The van der Waals surface area contributed by atoms with Crippen molar-refractivity contribution >= 4 is 40.4 Å². The molecule has 2 aliphatic rings. The first-order valence-corrected chi connectivity index (χ1v) is 9.26. The molecule has 1 aromatic rings. The minimum absolute atomic E-state index is 0.234. The number of urea groups is 1. The molecule has 0 N–H and O–H groups in total. The molecule has 1 fully saturated rings. The number of hydrogen-bond donors (Lipinski definition) is 0. The van der Waals surface area contributed by atoms with Crippen molar-refractivity contribution in [2.75, 3.05) is 25.4 Å². The Hall–Kier alpha value is -0.430. The SMILES string of the molecule is O=C(N1CCCCC1)N1CCSc2cccc(I)c2C1. The van der Waals surface area contributed by atoms with Crippen molar-refractivity contribution in [2.24, 2.45) is 0 Å². The molecule has 0 aromatic heterocycles. The van der Waals surface area contributed by atoms with Gasteiger partial charge in [-0.05, 0) is 59.5 Å². The van der Waals surface area contributed by atoms with E-state index in [1.807, 2.05) is 21.6 Å². The summed E-state index contributed by atoms with van der Waals surface area (Å²) in [6.45, 7) is 3.48. The van der Waals surface area contributed by atoms with Crippen LogP contribution in [0.5, 0.6) is 0 Å². The number of amides is 2. The summed E-state index contributed by atoms with van der Waals surface area (Å²) in [6, 6.07) is 6.65. The second kappa shape index (κ2) is 6.56. The van der Waals surface area contributed by atoms with Gasteiger partial charge in [0, 0.05) is 40.4 Å². The third-order valence-corrected chi connectivity index (χ3v) is 6.03. The maximum absolute atomic E-state index is 12.7. The van der Waals surface area contributed by atoms with E-state index in [1.54, 1.807) is 0 Å². The van der Waals surface area contributed by atoms with Gasteiger partial charge in [0.1, 0.15) is 0 Å². The first kappa shape index (κ1) is 14.5. The zero-order chi connectivity index (χ0) is 13.9. The molecular weight excluding hydrogens is 383 g/mol. The van der Waals surface area contributed by atoms with Gasteiger partial charge < -0.3 is 9.80 Å². The van der Waals surface area contributed by atoms with E-state index in [0.717, 1.165) is 44.8 Å². The Labute approximate surface area is 138 Å². The van der Waals surface area contributed by atoms with E-state index in [2.05, 4.69) is 40.8 Å². The highest BCUT2D eigenvalue weighted by atomic mass is 127. The molecule has 0 bridgehead atoms. The van der Waals surface area contributed by atoms with Crippen LogP contribution in [0.15, 0.2) is 23.1 Å². The number of carbonyl (C=O) groups excluding carboxylic acids is 1. The summed E-state index contributed by atoms with van der Waals surface area (Å²) < 4.78 is 1.27. The molecule has 3 rings (SSSR count). The lowest BCUT2D eigenvalue weighted by Gasteiger charge is -2.32. The van der Waals surface area contributed by atoms with Crippen LogP contribution < -0.4 is 0 Å². The zero-order valence-electron chi connectivity index (χ0n) is 11.5. The van der Waals surface area contributed by atoms with Gasteiger partial charge in [-0.15, -0.1) is 11.8 Å². The molecule has 0 aliphatic carbocycles. The third-order valence-electron chi connectivity index (χ3n) is 3.94. The highest BCUT2D eigenvalue weighted by molar-refractivity contribution is 14.1. The largest absolute Gasteiger partial charge is 0.325 e. The summed E-state index contributed by atoms with van der Waals surface area (Å²) in [5.41, 5.74) is 1.32. The number of benzene rings is 1. The van der Waals surface area contributed by atoms with E-state index in [1.165, 1.54) is 20.4 Å². The maximum atomic E-state index is 12.7. The Kier molecular flexibility index (Phi) is 4.75. The van der Waals surface area contributed by atoms with Crippen LogP contribution in [-0.4, -0.2) is 41.2 Å². The molecule has 0 saturated carbocycles. The lowest BCUT2D eigenvalue weighted by Crippen LogP contribution is -2.45. The van der Waals surface area contributed by atoms with E-state index in [4.69, 9.17) is 0 Å². The predicted octanol–water partition coefficient (Wildman–Crippen LogP) is 3.80. The van der Waals surface area contributed by atoms with Crippen molar-refractivity contribution in [1.29, 1.82) is 0 Å². The summed E-state index contributed by atoms with van der Waals surface area (Å²) >= 11 is 4.26. The first-order valence-electron chi connectivity index (χ1n) is 7.20. The average molecular weight is 402 g/mol. The molecule has 1 aromatic carbocycles. The van der Waals surface area contributed by atoms with Gasteiger partial charge in [-0.3, -0.25) is 0 Å². The molecule has 108 valence electrons. The molecule has 0 unspecified atom stereocenters. The van der Waals surface area contributed by atoms with Crippen LogP contribution >= 0.6 is 34.4 Å². The molecule has 2 heterocycles. The van der Waals surface area contributed by atoms with Gasteiger partial charge in [0.15, 0.2) is 0 Å². The molecule has 2 aliphatic heterocycles. The monoisotopic (exact) mass is 402 g/mol. The molecule has 1 saturated heterocycles. The van der Waals surface area contributed by atoms with E-state index in [9.17, 15) is 4.79 Å². The highest BCUT2D eigenvalue weighted by Gasteiger charge is 2.25. The first-order chi connectivity index (χ1) is 9.75. The van der Waals surface area contributed by atoms with Crippen LogP contribution in [0.1, 0.15) is 24.8 Å². The minimum Gasteiger partial charge on any atom is -0.325 e. The lowest BCUT2D eigenvalue weighted by molar-refractivity contribution is 0.143. The second-order valence-electron chi connectivity index (χ2n) is 5.32. The number of hydrogen-bond acceptors (Lipinski definition) is 2. The van der Waals surface area contributed by atoms with Gasteiger partial charge in [-0.2, -0.15) is 0 Å². The van der Waals surface area contributed by atoms with Crippen LogP contribution in [0.25, 0.3) is 0 Å². The quantitative estimate of drug-likeness (QED) is 0.617. The number of fused-ring (bicyclic) bond motifs is 1.